The van der Waals surface area contributed by atoms with E-state index in [0.29, 0.717) is 6.20 Å². The number of carbonyl (C=O) groups is 1. The molecule has 43 heavy (non-hydrogen) atoms. The second-order valence-corrected chi connectivity index (χ2v) is 10.7. The molecule has 1 atom stereocenters. The number of carbonyl (C=O) groups excluding carboxylic acids is 1. The average molecular weight is 636 g/mol. The molecule has 0 fully saturated rings. The quantitative estimate of drug-likeness (QED) is 0.132. The largest absolute Gasteiger partial charge is 0.421 e. The summed E-state index contributed by atoms with van der Waals surface area (Å²) >= 11 is 0. The molecular formula is C26H28F6N5O5P. The smallest absolute Gasteiger partial charge is 0.355 e. The molecule has 0 radical (unpaired) electrons. The molecule has 234 valence electrons. The van der Waals surface area contributed by atoms with Gasteiger partial charge in [0, 0.05) is 18.9 Å². The van der Waals surface area contributed by atoms with Crippen LogP contribution in [0.4, 0.5) is 49.5 Å². The first-order valence-electron chi connectivity index (χ1n) is 12.7. The van der Waals surface area contributed by atoms with Crippen LogP contribution in [0.1, 0.15) is 41.2 Å². The highest BCUT2D eigenvalue weighted by atomic mass is 31.2. The molecule has 10 nitrogen and oxygen atoms in total. The Hall–Kier alpha value is -3.72. The van der Waals surface area contributed by atoms with Crippen LogP contribution in [0.25, 0.3) is 0 Å². The van der Waals surface area contributed by atoms with Gasteiger partial charge in [-0.2, -0.15) is 31.3 Å². The summed E-state index contributed by atoms with van der Waals surface area (Å²) in [5.41, 5.74) is -0.828. The van der Waals surface area contributed by atoms with Gasteiger partial charge in [0.2, 0.25) is 5.95 Å². The summed E-state index contributed by atoms with van der Waals surface area (Å²) in [7, 11) is -2.83. The first-order chi connectivity index (χ1) is 20.2. The Morgan fingerprint density at radius 1 is 0.953 bits per heavy atom. The zero-order chi connectivity index (χ0) is 31.8. The van der Waals surface area contributed by atoms with Gasteiger partial charge in [0.1, 0.15) is 18.0 Å². The number of hydrogen-bond acceptors (Lipinski definition) is 9. The molecule has 1 heterocycles. The van der Waals surface area contributed by atoms with Crippen LogP contribution in [0.3, 0.4) is 0 Å². The molecule has 0 bridgehead atoms. The van der Waals surface area contributed by atoms with E-state index in [2.05, 4.69) is 25.9 Å². The molecule has 1 unspecified atom stereocenters. The number of ether oxygens (including phenoxy) is 1. The van der Waals surface area contributed by atoms with Crippen LogP contribution in [0.5, 0.6) is 0 Å². The third-order valence-corrected chi connectivity index (χ3v) is 7.77. The fourth-order valence-corrected chi connectivity index (χ4v) is 5.59. The van der Waals surface area contributed by atoms with Crippen LogP contribution in [-0.2, 0) is 24.5 Å². The molecule has 3 aromatic rings. The van der Waals surface area contributed by atoms with Gasteiger partial charge in [-0.25, -0.2) is 4.98 Å². The van der Waals surface area contributed by atoms with Gasteiger partial charge in [-0.1, -0.05) is 24.3 Å². The lowest BCUT2D eigenvalue weighted by atomic mass is 10.1. The van der Waals surface area contributed by atoms with Crippen molar-refractivity contribution in [2.45, 2.75) is 32.0 Å². The van der Waals surface area contributed by atoms with Crippen LogP contribution in [-0.4, -0.2) is 48.9 Å². The Kier molecular flexibility index (Phi) is 11.1. The molecule has 3 rings (SSSR count). The van der Waals surface area contributed by atoms with Crippen LogP contribution in [0.2, 0.25) is 0 Å². The van der Waals surface area contributed by atoms with Crippen molar-refractivity contribution >= 4 is 36.6 Å². The van der Waals surface area contributed by atoms with Crippen LogP contribution < -0.4 is 16.0 Å². The third kappa shape index (κ3) is 9.13. The van der Waals surface area contributed by atoms with E-state index in [4.69, 9.17) is 13.8 Å². The molecule has 0 aliphatic rings. The highest BCUT2D eigenvalue weighted by Gasteiger charge is 2.41. The zero-order valence-electron chi connectivity index (χ0n) is 23.0. The molecule has 1 amide bonds. The Morgan fingerprint density at radius 3 is 2.14 bits per heavy atom. The second kappa shape index (κ2) is 14.2. The van der Waals surface area contributed by atoms with E-state index >= 15 is 0 Å². The van der Waals surface area contributed by atoms with Gasteiger partial charge in [-0.05, 0) is 43.7 Å². The molecule has 1 aromatic heterocycles. The standard InChI is InChI=1S/C26H28F6N5O5P/c1-4-41-43(39,42-5-2)23(40-15-25(27,28)29)16-10-12-17(13-11-16)35-24-34-14-19(26(30,31)32)21(37-24)36-20-9-7-6-8-18(20)22(38)33-3/h6-14,23H,4-5,15H2,1-3H3,(H,33,38)(H2,34,35,36,37). The van der Waals surface area contributed by atoms with Gasteiger partial charge >= 0.3 is 19.9 Å². The van der Waals surface area contributed by atoms with Gasteiger partial charge in [0.15, 0.2) is 5.85 Å². The normalized spacial score (nSPS) is 13.0. The van der Waals surface area contributed by atoms with Crippen LogP contribution in [0.15, 0.2) is 54.7 Å². The number of rotatable bonds is 13. The van der Waals surface area contributed by atoms with E-state index < -0.39 is 49.7 Å². The monoisotopic (exact) mass is 635 g/mol. The highest BCUT2D eigenvalue weighted by Crippen LogP contribution is 2.61. The van der Waals surface area contributed by atoms with Crippen molar-refractivity contribution < 1.29 is 49.5 Å². The second-order valence-electron chi connectivity index (χ2n) is 8.60. The molecule has 17 heteroatoms. The summed E-state index contributed by atoms with van der Waals surface area (Å²) in [5.74, 6) is -3.19. The number of alkyl halides is 6. The van der Waals surface area contributed by atoms with Crippen molar-refractivity contribution in [3.8, 4) is 0 Å². The molecular weight excluding hydrogens is 607 g/mol. The highest BCUT2D eigenvalue weighted by molar-refractivity contribution is 7.54. The minimum atomic E-state index is -4.84. The lowest BCUT2D eigenvalue weighted by Gasteiger charge is -2.27. The topological polar surface area (TPSA) is 124 Å². The Balaban J connectivity index is 1.93. The molecule has 2 aromatic carbocycles. The summed E-state index contributed by atoms with van der Waals surface area (Å²) < 4.78 is 109. The fourth-order valence-electron chi connectivity index (χ4n) is 3.73. The molecule has 0 spiro atoms. The third-order valence-electron chi connectivity index (χ3n) is 5.51. The summed E-state index contributed by atoms with van der Waals surface area (Å²) in [6.45, 7) is 1.00. The van der Waals surface area contributed by atoms with E-state index in [1.165, 1.54) is 69.4 Å². The number of hydrogen-bond donors (Lipinski definition) is 3. The van der Waals surface area contributed by atoms with E-state index in [1.54, 1.807) is 0 Å². The summed E-state index contributed by atoms with van der Waals surface area (Å²) in [6.07, 6.45) is -9.02. The first-order valence-corrected chi connectivity index (χ1v) is 14.3. The lowest BCUT2D eigenvalue weighted by molar-refractivity contribution is -0.180. The van der Waals surface area contributed by atoms with Crippen LogP contribution >= 0.6 is 7.60 Å². The van der Waals surface area contributed by atoms with Crippen molar-refractivity contribution in [1.82, 2.24) is 15.3 Å². The Morgan fingerprint density at radius 2 is 1.58 bits per heavy atom. The average Bonchev–Trinajstić information content (AvgIpc) is 2.93. The van der Waals surface area contributed by atoms with Crippen molar-refractivity contribution in [1.29, 1.82) is 0 Å². The maximum absolute atomic E-state index is 13.8. The maximum atomic E-state index is 13.8. The number of anilines is 4. The lowest BCUT2D eigenvalue weighted by Crippen LogP contribution is -2.21. The van der Waals surface area contributed by atoms with Crippen LogP contribution in [0, 0.1) is 0 Å². The minimum Gasteiger partial charge on any atom is -0.355 e. The number of aromatic nitrogens is 2. The van der Waals surface area contributed by atoms with Crippen molar-refractivity contribution in [2.75, 3.05) is 37.5 Å². The molecule has 3 N–H and O–H groups in total. The van der Waals surface area contributed by atoms with E-state index in [1.807, 2.05) is 0 Å². The summed E-state index contributed by atoms with van der Waals surface area (Å²) in [6, 6.07) is 11.1. The van der Waals surface area contributed by atoms with Crippen molar-refractivity contribution in [2.24, 2.45) is 0 Å². The Bertz CT molecular complexity index is 1430. The van der Waals surface area contributed by atoms with Gasteiger partial charge in [0.05, 0.1) is 24.5 Å². The predicted octanol–water partition coefficient (Wildman–Crippen LogP) is 7.19. The predicted molar refractivity (Wildman–Crippen MR) is 145 cm³/mol. The molecule has 0 saturated heterocycles. The van der Waals surface area contributed by atoms with Gasteiger partial charge in [-0.3, -0.25) is 9.36 Å². The number of para-hydroxylation sites is 1. The van der Waals surface area contributed by atoms with E-state index in [0.717, 1.165) is 0 Å². The molecule has 0 aliphatic heterocycles. The summed E-state index contributed by atoms with van der Waals surface area (Å²) in [4.78, 5) is 19.9. The van der Waals surface area contributed by atoms with E-state index in [9.17, 15) is 35.7 Å². The van der Waals surface area contributed by atoms with Gasteiger partial charge in [0.25, 0.3) is 5.91 Å². The SMILES string of the molecule is CCOP(=O)(OCC)C(OCC(F)(F)F)c1ccc(Nc2ncc(C(F)(F)F)c(Nc3ccccc3C(=O)NC)n2)cc1. The maximum Gasteiger partial charge on any atom is 0.421 e. The number of nitrogens with one attached hydrogen (secondary N) is 3. The number of nitrogens with zero attached hydrogens (tertiary/aromatic N) is 2. The minimum absolute atomic E-state index is 0.0292. The van der Waals surface area contributed by atoms with Crippen molar-refractivity contribution in [3.05, 3.63) is 71.4 Å². The Labute approximate surface area is 242 Å². The molecule has 0 aliphatic carbocycles. The van der Waals surface area contributed by atoms with Gasteiger partial charge in [-0.15, -0.1) is 0 Å². The van der Waals surface area contributed by atoms with Crippen molar-refractivity contribution in [3.63, 3.8) is 0 Å². The molecule has 0 saturated carbocycles. The summed E-state index contributed by atoms with van der Waals surface area (Å²) in [5, 5.41) is 7.65. The number of benzene rings is 2. The zero-order valence-corrected chi connectivity index (χ0v) is 23.9. The number of amides is 1. The van der Waals surface area contributed by atoms with Gasteiger partial charge < -0.3 is 29.7 Å². The number of halogens is 6. The van der Waals surface area contributed by atoms with E-state index in [-0.39, 0.29) is 41.7 Å². The fraction of sp³-hybridized carbons (Fsp3) is 0.346. The first kappa shape index (κ1) is 33.8.